The van der Waals surface area contributed by atoms with Gasteiger partial charge in [-0.05, 0) is 6.42 Å². The highest BCUT2D eigenvalue weighted by Crippen LogP contribution is 1.94. The SMILES string of the molecule is CCCc1cc(=O)[nH]c(=O)o1. The number of aryl methyl sites for hydroxylation is 1. The van der Waals surface area contributed by atoms with Crippen LogP contribution < -0.4 is 11.3 Å². The molecule has 1 N–H and O–H groups in total. The number of aromatic amines is 1. The van der Waals surface area contributed by atoms with Crippen molar-refractivity contribution >= 4 is 0 Å². The maximum absolute atomic E-state index is 10.7. The number of H-pyrrole nitrogens is 1. The average molecular weight is 155 g/mol. The van der Waals surface area contributed by atoms with E-state index < -0.39 is 11.3 Å². The Morgan fingerprint density at radius 2 is 2.27 bits per heavy atom. The summed E-state index contributed by atoms with van der Waals surface area (Å²) >= 11 is 0. The van der Waals surface area contributed by atoms with Crippen LogP contribution in [0.5, 0.6) is 0 Å². The molecule has 0 saturated heterocycles. The molecule has 1 heterocycles. The Labute approximate surface area is 62.9 Å². The normalized spacial score (nSPS) is 9.91. The quantitative estimate of drug-likeness (QED) is 0.667. The summed E-state index contributed by atoms with van der Waals surface area (Å²) in [5.41, 5.74) is -0.398. The summed E-state index contributed by atoms with van der Waals surface area (Å²) < 4.78 is 4.69. The Morgan fingerprint density at radius 3 is 2.82 bits per heavy atom. The van der Waals surface area contributed by atoms with Gasteiger partial charge in [-0.2, -0.15) is 0 Å². The summed E-state index contributed by atoms with van der Waals surface area (Å²) in [7, 11) is 0. The number of hydrogen-bond acceptors (Lipinski definition) is 3. The zero-order chi connectivity index (χ0) is 8.27. The summed E-state index contributed by atoms with van der Waals surface area (Å²) in [5.74, 6) is -0.234. The van der Waals surface area contributed by atoms with Crippen molar-refractivity contribution in [1.29, 1.82) is 0 Å². The minimum atomic E-state index is -0.680. The van der Waals surface area contributed by atoms with E-state index in [1.54, 1.807) is 0 Å². The molecule has 1 aromatic heterocycles. The molecule has 0 aliphatic heterocycles. The maximum atomic E-state index is 10.7. The van der Waals surface area contributed by atoms with Gasteiger partial charge in [-0.3, -0.25) is 9.78 Å². The Kier molecular flexibility index (Phi) is 2.25. The zero-order valence-corrected chi connectivity index (χ0v) is 6.22. The van der Waals surface area contributed by atoms with E-state index in [0.717, 1.165) is 6.42 Å². The van der Waals surface area contributed by atoms with Crippen molar-refractivity contribution in [1.82, 2.24) is 4.98 Å². The van der Waals surface area contributed by atoms with E-state index in [1.165, 1.54) is 6.07 Å². The van der Waals surface area contributed by atoms with Crippen LogP contribution in [-0.2, 0) is 6.42 Å². The minimum absolute atomic E-state index is 0.398. The molecule has 60 valence electrons. The number of hydrogen-bond donors (Lipinski definition) is 1. The topological polar surface area (TPSA) is 63.1 Å². The molecule has 0 aromatic carbocycles. The van der Waals surface area contributed by atoms with Crippen molar-refractivity contribution in [3.8, 4) is 0 Å². The molecule has 0 atom stereocenters. The fourth-order valence-electron chi connectivity index (χ4n) is 0.827. The summed E-state index contributed by atoms with van der Waals surface area (Å²) in [5, 5.41) is 0. The highest BCUT2D eigenvalue weighted by atomic mass is 16.4. The van der Waals surface area contributed by atoms with Crippen LogP contribution in [-0.4, -0.2) is 4.98 Å². The molecule has 0 bridgehead atoms. The Balaban J connectivity index is 3.09. The highest BCUT2D eigenvalue weighted by Gasteiger charge is 1.96. The first kappa shape index (κ1) is 7.78. The maximum Gasteiger partial charge on any atom is 0.419 e. The van der Waals surface area contributed by atoms with Crippen molar-refractivity contribution in [3.05, 3.63) is 32.7 Å². The fraction of sp³-hybridized carbons (Fsp3) is 0.429. The Hall–Kier alpha value is -1.32. The van der Waals surface area contributed by atoms with Gasteiger partial charge in [0.05, 0.1) is 0 Å². The highest BCUT2D eigenvalue weighted by molar-refractivity contribution is 4.93. The first-order chi connectivity index (χ1) is 5.22. The molecular weight excluding hydrogens is 146 g/mol. The van der Waals surface area contributed by atoms with Crippen molar-refractivity contribution in [2.45, 2.75) is 19.8 Å². The molecule has 4 heteroatoms. The monoisotopic (exact) mass is 155 g/mol. The molecule has 1 aromatic rings. The Bertz CT molecular complexity index is 308. The van der Waals surface area contributed by atoms with E-state index >= 15 is 0 Å². The van der Waals surface area contributed by atoms with Gasteiger partial charge < -0.3 is 4.42 Å². The molecule has 0 unspecified atom stereocenters. The molecular formula is C7H9NO3. The molecule has 11 heavy (non-hydrogen) atoms. The van der Waals surface area contributed by atoms with Crippen molar-refractivity contribution in [2.24, 2.45) is 0 Å². The van der Waals surface area contributed by atoms with Gasteiger partial charge in [0.25, 0.3) is 5.56 Å². The van der Waals surface area contributed by atoms with E-state index in [-0.39, 0.29) is 0 Å². The third-order valence-electron chi connectivity index (χ3n) is 1.24. The van der Waals surface area contributed by atoms with E-state index in [9.17, 15) is 9.59 Å². The average Bonchev–Trinajstić information content (AvgIpc) is 1.85. The van der Waals surface area contributed by atoms with Crippen LogP contribution in [0.1, 0.15) is 19.1 Å². The Morgan fingerprint density at radius 1 is 1.55 bits per heavy atom. The van der Waals surface area contributed by atoms with Gasteiger partial charge in [0.1, 0.15) is 5.76 Å². The first-order valence-corrected chi connectivity index (χ1v) is 3.45. The predicted molar refractivity (Wildman–Crippen MR) is 39.6 cm³/mol. The van der Waals surface area contributed by atoms with Crippen LogP contribution in [0.3, 0.4) is 0 Å². The van der Waals surface area contributed by atoms with Gasteiger partial charge in [-0.25, -0.2) is 4.79 Å². The smallest absolute Gasteiger partial charge is 0.414 e. The van der Waals surface area contributed by atoms with Gasteiger partial charge >= 0.3 is 5.76 Å². The molecule has 0 saturated carbocycles. The largest absolute Gasteiger partial charge is 0.419 e. The second-order valence-corrected chi connectivity index (χ2v) is 2.24. The second-order valence-electron chi connectivity index (χ2n) is 2.24. The van der Waals surface area contributed by atoms with Gasteiger partial charge in [0, 0.05) is 12.5 Å². The van der Waals surface area contributed by atoms with Crippen LogP contribution in [0.25, 0.3) is 0 Å². The van der Waals surface area contributed by atoms with Crippen molar-refractivity contribution < 1.29 is 4.42 Å². The van der Waals surface area contributed by atoms with Crippen LogP contribution in [0.4, 0.5) is 0 Å². The standard InChI is InChI=1S/C7H9NO3/c1-2-3-5-4-6(9)8-7(10)11-5/h4H,2-3H2,1H3,(H,8,9,10). The zero-order valence-electron chi connectivity index (χ0n) is 6.22. The summed E-state index contributed by atoms with van der Waals surface area (Å²) in [4.78, 5) is 23.2. The molecule has 0 spiro atoms. The molecule has 0 amide bonds. The van der Waals surface area contributed by atoms with Crippen LogP contribution in [0.15, 0.2) is 20.1 Å². The van der Waals surface area contributed by atoms with Gasteiger partial charge in [-0.15, -0.1) is 0 Å². The molecule has 0 radical (unpaired) electrons. The lowest BCUT2D eigenvalue weighted by molar-refractivity contribution is 0.431. The lowest BCUT2D eigenvalue weighted by Gasteiger charge is -1.92. The van der Waals surface area contributed by atoms with E-state index in [2.05, 4.69) is 4.42 Å². The molecule has 4 nitrogen and oxygen atoms in total. The van der Waals surface area contributed by atoms with E-state index in [0.29, 0.717) is 12.2 Å². The van der Waals surface area contributed by atoms with Crippen molar-refractivity contribution in [2.75, 3.05) is 0 Å². The third-order valence-corrected chi connectivity index (χ3v) is 1.24. The first-order valence-electron chi connectivity index (χ1n) is 3.45. The van der Waals surface area contributed by atoms with Crippen LogP contribution in [0.2, 0.25) is 0 Å². The number of nitrogens with one attached hydrogen (secondary N) is 1. The number of rotatable bonds is 2. The number of aromatic nitrogens is 1. The van der Waals surface area contributed by atoms with Crippen molar-refractivity contribution in [3.63, 3.8) is 0 Å². The predicted octanol–water partition coefficient (Wildman–Crippen LogP) is 0.281. The van der Waals surface area contributed by atoms with Gasteiger partial charge in [0.2, 0.25) is 0 Å². The molecule has 0 aliphatic carbocycles. The molecule has 1 rings (SSSR count). The third kappa shape index (κ3) is 2.07. The minimum Gasteiger partial charge on any atom is -0.414 e. The van der Waals surface area contributed by atoms with Gasteiger partial charge in [-0.1, -0.05) is 6.92 Å². The second kappa shape index (κ2) is 3.18. The van der Waals surface area contributed by atoms with E-state index in [1.807, 2.05) is 11.9 Å². The van der Waals surface area contributed by atoms with Crippen LogP contribution >= 0.6 is 0 Å². The lowest BCUT2D eigenvalue weighted by Crippen LogP contribution is -2.18. The molecule has 0 fully saturated rings. The van der Waals surface area contributed by atoms with Crippen LogP contribution in [0, 0.1) is 0 Å². The summed E-state index contributed by atoms with van der Waals surface area (Å²) in [6.45, 7) is 1.95. The van der Waals surface area contributed by atoms with E-state index in [4.69, 9.17) is 0 Å². The molecule has 0 aliphatic rings. The summed E-state index contributed by atoms with van der Waals surface area (Å²) in [6, 6.07) is 1.30. The fourth-order valence-corrected chi connectivity index (χ4v) is 0.827. The van der Waals surface area contributed by atoms with Gasteiger partial charge in [0.15, 0.2) is 0 Å². The summed E-state index contributed by atoms with van der Waals surface area (Å²) in [6.07, 6.45) is 1.48. The lowest BCUT2D eigenvalue weighted by atomic mass is 10.3.